The zero-order chi connectivity index (χ0) is 32.2. The number of piperidine rings is 1. The zero-order valence-corrected chi connectivity index (χ0v) is 27.0. The van der Waals surface area contributed by atoms with Crippen LogP contribution >= 0.6 is 0 Å². The third-order valence-electron chi connectivity index (χ3n) is 9.60. The summed E-state index contributed by atoms with van der Waals surface area (Å²) in [6, 6.07) is 16.3. The Hall–Kier alpha value is -3.94. The summed E-state index contributed by atoms with van der Waals surface area (Å²) < 4.78 is 35.0. The van der Waals surface area contributed by atoms with E-state index in [4.69, 9.17) is 4.74 Å². The Morgan fingerprint density at radius 2 is 1.52 bits per heavy atom. The smallest absolute Gasteiger partial charge is 0.254 e. The monoisotopic (exact) mass is 629 g/mol. The molecule has 3 aromatic rings. The minimum Gasteiger partial charge on any atom is -0.490 e. The molecule has 8 heteroatoms. The molecule has 1 atom stereocenters. The molecular weight excluding hydrogens is 584 g/mol. The van der Waals surface area contributed by atoms with Crippen LogP contribution in [0.4, 0.5) is 14.5 Å². The maximum absolute atomic E-state index is 14.8. The Morgan fingerprint density at radius 3 is 2.24 bits per heavy atom. The van der Waals surface area contributed by atoms with Gasteiger partial charge in [0.05, 0.1) is 6.10 Å². The highest BCUT2D eigenvalue weighted by Gasteiger charge is 2.34. The molecule has 0 N–H and O–H groups in total. The van der Waals surface area contributed by atoms with Gasteiger partial charge in [-0.1, -0.05) is 26.0 Å². The number of carbonyl (C=O) groups is 2. The molecule has 244 valence electrons. The van der Waals surface area contributed by atoms with Crippen molar-refractivity contribution < 1.29 is 23.1 Å². The third kappa shape index (κ3) is 7.37. The average Bonchev–Trinajstić information content (AvgIpc) is 3.58. The zero-order valence-electron chi connectivity index (χ0n) is 27.0. The lowest BCUT2D eigenvalue weighted by Gasteiger charge is -2.42. The topological polar surface area (TPSA) is 53.1 Å². The standard InChI is InChI=1S/C38H45F2N3O3/c1-26(2)20-33-25-42(37(44)29-21-31(40)24-32(22-29)41-16-6-3-7-17-41)18-19-43(33)38(45)28-12-15-36(46-34-8-4-5-9-34)35(23-28)27-10-13-30(39)14-11-27/h10-15,21-24,26,33-34H,3-9,16-20,25H2,1-2H3/t33-/m0/s1. The molecule has 3 aromatic carbocycles. The number of amides is 2. The Labute approximate surface area is 271 Å². The summed E-state index contributed by atoms with van der Waals surface area (Å²) in [4.78, 5) is 33.7. The van der Waals surface area contributed by atoms with Crippen LogP contribution in [0.3, 0.4) is 0 Å². The first-order valence-electron chi connectivity index (χ1n) is 17.0. The van der Waals surface area contributed by atoms with E-state index in [-0.39, 0.29) is 29.8 Å². The minimum atomic E-state index is -0.406. The second kappa shape index (κ2) is 14.2. The lowest BCUT2D eigenvalue weighted by atomic mass is 9.97. The van der Waals surface area contributed by atoms with Crippen molar-refractivity contribution in [1.82, 2.24) is 9.80 Å². The molecule has 1 saturated carbocycles. The summed E-state index contributed by atoms with van der Waals surface area (Å²) in [5.41, 5.74) is 3.20. The highest BCUT2D eigenvalue weighted by Crippen LogP contribution is 2.35. The second-order valence-electron chi connectivity index (χ2n) is 13.5. The van der Waals surface area contributed by atoms with Gasteiger partial charge in [0.25, 0.3) is 11.8 Å². The fraction of sp³-hybridized carbons (Fsp3) is 0.474. The average molecular weight is 630 g/mol. The predicted octanol–water partition coefficient (Wildman–Crippen LogP) is 7.96. The Bertz CT molecular complexity index is 1530. The molecule has 0 aromatic heterocycles. The molecule has 0 bridgehead atoms. The molecule has 2 amide bonds. The van der Waals surface area contributed by atoms with Gasteiger partial charge in [0, 0.05) is 61.1 Å². The molecule has 0 radical (unpaired) electrons. The molecule has 3 fully saturated rings. The van der Waals surface area contributed by atoms with Gasteiger partial charge >= 0.3 is 0 Å². The highest BCUT2D eigenvalue weighted by atomic mass is 19.1. The first-order valence-corrected chi connectivity index (χ1v) is 17.0. The summed E-state index contributed by atoms with van der Waals surface area (Å²) in [5, 5.41) is 0. The largest absolute Gasteiger partial charge is 0.490 e. The fourth-order valence-electron chi connectivity index (χ4n) is 7.24. The van der Waals surface area contributed by atoms with E-state index in [9.17, 15) is 18.4 Å². The van der Waals surface area contributed by atoms with Crippen LogP contribution in [0, 0.1) is 17.6 Å². The number of hydrogen-bond donors (Lipinski definition) is 0. The number of anilines is 1. The van der Waals surface area contributed by atoms with Crippen molar-refractivity contribution in [3.63, 3.8) is 0 Å². The number of hydrogen-bond acceptors (Lipinski definition) is 4. The summed E-state index contributed by atoms with van der Waals surface area (Å²) in [7, 11) is 0. The number of halogens is 2. The molecular formula is C38H45F2N3O3. The van der Waals surface area contributed by atoms with Crippen molar-refractivity contribution in [3.8, 4) is 16.9 Å². The van der Waals surface area contributed by atoms with E-state index in [0.29, 0.717) is 42.4 Å². The lowest BCUT2D eigenvalue weighted by molar-refractivity contribution is 0.0351. The van der Waals surface area contributed by atoms with Crippen molar-refractivity contribution >= 4 is 17.5 Å². The number of carbonyl (C=O) groups excluding carboxylic acids is 2. The molecule has 0 unspecified atom stereocenters. The van der Waals surface area contributed by atoms with E-state index in [1.165, 1.54) is 30.7 Å². The summed E-state index contributed by atoms with van der Waals surface area (Å²) in [6.07, 6.45) is 8.43. The van der Waals surface area contributed by atoms with Gasteiger partial charge in [-0.2, -0.15) is 0 Å². The Balaban J connectivity index is 1.23. The van der Waals surface area contributed by atoms with Gasteiger partial charge in [-0.05, 0) is 111 Å². The summed E-state index contributed by atoms with van der Waals surface area (Å²) >= 11 is 0. The van der Waals surface area contributed by atoms with Crippen LogP contribution in [0.15, 0.2) is 60.7 Å². The van der Waals surface area contributed by atoms with Crippen LogP contribution in [0.5, 0.6) is 5.75 Å². The normalized spacial score (nSPS) is 19.2. The Morgan fingerprint density at radius 1 is 0.783 bits per heavy atom. The molecule has 0 spiro atoms. The Kier molecular flexibility index (Phi) is 9.90. The second-order valence-corrected chi connectivity index (χ2v) is 13.5. The predicted molar refractivity (Wildman–Crippen MR) is 177 cm³/mol. The molecule has 46 heavy (non-hydrogen) atoms. The molecule has 3 aliphatic rings. The van der Waals surface area contributed by atoms with Gasteiger partial charge in [-0.3, -0.25) is 9.59 Å². The molecule has 6 rings (SSSR count). The molecule has 2 saturated heterocycles. The fourth-order valence-corrected chi connectivity index (χ4v) is 7.24. The van der Waals surface area contributed by atoms with E-state index in [1.54, 1.807) is 17.0 Å². The first-order chi connectivity index (χ1) is 22.2. The van der Waals surface area contributed by atoms with Crippen LogP contribution < -0.4 is 9.64 Å². The van der Waals surface area contributed by atoms with Crippen LogP contribution in [-0.4, -0.2) is 66.5 Å². The van der Waals surface area contributed by atoms with Gasteiger partial charge in [-0.15, -0.1) is 0 Å². The van der Waals surface area contributed by atoms with Crippen molar-refractivity contribution in [2.24, 2.45) is 5.92 Å². The maximum atomic E-state index is 14.8. The van der Waals surface area contributed by atoms with Crippen molar-refractivity contribution in [1.29, 1.82) is 0 Å². The van der Waals surface area contributed by atoms with Crippen molar-refractivity contribution in [2.75, 3.05) is 37.6 Å². The number of nitrogens with zero attached hydrogens (tertiary/aromatic N) is 3. The van der Waals surface area contributed by atoms with E-state index in [0.717, 1.165) is 74.8 Å². The molecule has 2 heterocycles. The van der Waals surface area contributed by atoms with Crippen LogP contribution in [-0.2, 0) is 0 Å². The third-order valence-corrected chi connectivity index (χ3v) is 9.60. The number of piperazine rings is 1. The first kappa shape index (κ1) is 32.0. The van der Waals surface area contributed by atoms with Crippen LogP contribution in [0.2, 0.25) is 0 Å². The van der Waals surface area contributed by atoms with Gasteiger partial charge in [0.1, 0.15) is 17.4 Å². The van der Waals surface area contributed by atoms with Crippen molar-refractivity contribution in [3.05, 3.63) is 83.4 Å². The number of ether oxygens (including phenoxy) is 1. The van der Waals surface area contributed by atoms with Gasteiger partial charge < -0.3 is 19.4 Å². The minimum absolute atomic E-state index is 0.105. The van der Waals surface area contributed by atoms with E-state index >= 15 is 0 Å². The highest BCUT2D eigenvalue weighted by molar-refractivity contribution is 5.98. The van der Waals surface area contributed by atoms with Crippen LogP contribution in [0.25, 0.3) is 11.1 Å². The van der Waals surface area contributed by atoms with Gasteiger partial charge in [0.15, 0.2) is 0 Å². The summed E-state index contributed by atoms with van der Waals surface area (Å²) in [5.74, 6) is -0.0388. The molecule has 2 aliphatic heterocycles. The molecule has 6 nitrogen and oxygen atoms in total. The van der Waals surface area contributed by atoms with E-state index in [1.807, 2.05) is 29.2 Å². The van der Waals surface area contributed by atoms with Crippen LogP contribution in [0.1, 0.15) is 85.9 Å². The van der Waals surface area contributed by atoms with E-state index < -0.39 is 5.82 Å². The quantitative estimate of drug-likeness (QED) is 0.254. The van der Waals surface area contributed by atoms with E-state index in [2.05, 4.69) is 18.7 Å². The summed E-state index contributed by atoms with van der Waals surface area (Å²) in [6.45, 7) is 7.08. The lowest BCUT2D eigenvalue weighted by Crippen LogP contribution is -2.57. The maximum Gasteiger partial charge on any atom is 0.254 e. The SMILES string of the molecule is CC(C)C[C@H]1CN(C(=O)c2cc(F)cc(N3CCCCC3)c2)CCN1C(=O)c1ccc(OC2CCCC2)c(-c2ccc(F)cc2)c1. The number of rotatable bonds is 8. The van der Waals surface area contributed by atoms with Gasteiger partial charge in [0.2, 0.25) is 0 Å². The molecule has 1 aliphatic carbocycles. The van der Waals surface area contributed by atoms with Crippen molar-refractivity contribution in [2.45, 2.75) is 77.4 Å². The number of benzene rings is 3. The van der Waals surface area contributed by atoms with Gasteiger partial charge in [-0.25, -0.2) is 8.78 Å².